The van der Waals surface area contributed by atoms with Crippen molar-refractivity contribution in [3.63, 3.8) is 0 Å². The van der Waals surface area contributed by atoms with Gasteiger partial charge in [-0.05, 0) is 19.8 Å². The van der Waals surface area contributed by atoms with E-state index in [1.54, 1.807) is 0 Å². The van der Waals surface area contributed by atoms with Crippen LogP contribution < -0.4 is 0 Å². The Morgan fingerprint density at radius 1 is 0.792 bits per heavy atom. The monoisotopic (exact) mass is 363 g/mol. The zero-order valence-electron chi connectivity index (χ0n) is 16.4. The second kappa shape index (κ2) is 14.1. The summed E-state index contributed by atoms with van der Waals surface area (Å²) < 4.78 is 28.7. The lowest BCUT2D eigenvalue weighted by Gasteiger charge is -2.33. The molecule has 0 aliphatic carbocycles. The van der Waals surface area contributed by atoms with Gasteiger partial charge in [0, 0.05) is 19.1 Å². The number of rotatable bonds is 12. The Balaban J connectivity index is 0.000000922. The van der Waals surface area contributed by atoms with Crippen LogP contribution in [0.4, 0.5) is 0 Å². The van der Waals surface area contributed by atoms with E-state index in [0.717, 1.165) is 0 Å². The molecule has 0 atom stereocenters. The van der Waals surface area contributed by atoms with Gasteiger partial charge < -0.3 is 9.04 Å². The molecule has 0 saturated carbocycles. The van der Waals surface area contributed by atoms with Crippen molar-refractivity contribution in [3.05, 3.63) is 0 Å². The average Bonchev–Trinajstić information content (AvgIpc) is 2.97. The van der Waals surface area contributed by atoms with Crippen LogP contribution >= 0.6 is 0 Å². The van der Waals surface area contributed by atoms with E-state index in [1.165, 1.54) is 108 Å². The topological polar surface area (TPSA) is 57.2 Å². The van der Waals surface area contributed by atoms with Crippen LogP contribution in [0.2, 0.25) is 0 Å². The molecule has 0 bridgehead atoms. The number of unbranched alkanes of at least 4 members (excludes halogenated alkanes) is 9. The minimum absolute atomic E-state index is 0.604. The van der Waals surface area contributed by atoms with Gasteiger partial charge in [0.15, 0.2) is 0 Å². The lowest BCUT2D eigenvalue weighted by Crippen LogP contribution is -2.45. The molecule has 1 rings (SSSR count). The predicted molar refractivity (Wildman–Crippen MR) is 102 cm³/mol. The van der Waals surface area contributed by atoms with Gasteiger partial charge in [0.25, 0.3) is 0 Å². The van der Waals surface area contributed by atoms with E-state index in [0.29, 0.717) is 6.26 Å². The first-order valence-corrected chi connectivity index (χ1v) is 11.9. The number of nitrogens with zero attached hydrogens (tertiary/aromatic N) is 1. The Hall–Kier alpha value is -0.130. The van der Waals surface area contributed by atoms with Gasteiger partial charge in [0.05, 0.1) is 36.3 Å². The fourth-order valence-corrected chi connectivity index (χ4v) is 3.64. The molecule has 24 heavy (non-hydrogen) atoms. The van der Waals surface area contributed by atoms with Crippen molar-refractivity contribution < 1.29 is 17.5 Å². The molecule has 1 heterocycles. The van der Waals surface area contributed by atoms with E-state index in [1.807, 2.05) is 0 Å². The Bertz CT molecular complexity index is 368. The maximum absolute atomic E-state index is 9.08. The van der Waals surface area contributed by atoms with Gasteiger partial charge in [-0.1, -0.05) is 58.3 Å². The average molecular weight is 364 g/mol. The van der Waals surface area contributed by atoms with Crippen molar-refractivity contribution in [1.29, 1.82) is 0 Å². The molecule has 1 fully saturated rings. The molecule has 0 aromatic carbocycles. The fraction of sp³-hybridized carbons (Fsp3) is 1.00. The van der Waals surface area contributed by atoms with Gasteiger partial charge >= 0.3 is 0 Å². The first-order valence-electron chi connectivity index (χ1n) is 10.1. The molecule has 5 heteroatoms. The molecule has 1 saturated heterocycles. The summed E-state index contributed by atoms with van der Waals surface area (Å²) in [5.41, 5.74) is 0. The summed E-state index contributed by atoms with van der Waals surface area (Å²) in [5, 5.41) is 0. The van der Waals surface area contributed by atoms with Gasteiger partial charge in [-0.3, -0.25) is 0 Å². The van der Waals surface area contributed by atoms with E-state index < -0.39 is 10.1 Å². The molecular weight excluding hydrogens is 322 g/mol. The first kappa shape index (κ1) is 23.9. The van der Waals surface area contributed by atoms with Crippen LogP contribution in [0.15, 0.2) is 0 Å². The second-order valence-corrected chi connectivity index (χ2v) is 8.83. The number of quaternary nitrogens is 1. The van der Waals surface area contributed by atoms with Crippen molar-refractivity contribution in [1.82, 2.24) is 0 Å². The summed E-state index contributed by atoms with van der Waals surface area (Å²) >= 11 is 0. The minimum atomic E-state index is -3.92. The molecule has 0 spiro atoms. The largest absolute Gasteiger partial charge is 0.748 e. The van der Waals surface area contributed by atoms with Crippen LogP contribution in [-0.2, 0) is 10.1 Å². The van der Waals surface area contributed by atoms with Crippen LogP contribution in [0.1, 0.15) is 90.9 Å². The van der Waals surface area contributed by atoms with Crippen LogP contribution in [0.25, 0.3) is 0 Å². The van der Waals surface area contributed by atoms with Crippen molar-refractivity contribution in [2.24, 2.45) is 0 Å². The summed E-state index contributed by atoms with van der Waals surface area (Å²) in [6.07, 6.45) is 18.2. The molecule has 4 nitrogen and oxygen atoms in total. The van der Waals surface area contributed by atoms with Gasteiger partial charge in [-0.15, -0.1) is 0 Å². The van der Waals surface area contributed by atoms with Crippen LogP contribution in [0.5, 0.6) is 0 Å². The smallest absolute Gasteiger partial charge is 0.0916 e. The van der Waals surface area contributed by atoms with E-state index in [-0.39, 0.29) is 0 Å². The lowest BCUT2D eigenvalue weighted by molar-refractivity contribution is -0.915. The summed E-state index contributed by atoms with van der Waals surface area (Å²) in [7, 11) is -3.92. The Labute approximate surface area is 151 Å². The van der Waals surface area contributed by atoms with Gasteiger partial charge in [-0.2, -0.15) is 0 Å². The maximum Gasteiger partial charge on any atom is 0.0916 e. The summed E-state index contributed by atoms with van der Waals surface area (Å²) in [6, 6.07) is 0. The Morgan fingerprint density at radius 2 is 1.17 bits per heavy atom. The zero-order valence-corrected chi connectivity index (χ0v) is 17.2. The molecular formula is C19H41NO3S. The van der Waals surface area contributed by atoms with Crippen LogP contribution in [0.3, 0.4) is 0 Å². The molecule has 0 aromatic heterocycles. The van der Waals surface area contributed by atoms with Crippen molar-refractivity contribution >= 4 is 10.1 Å². The second-order valence-electron chi connectivity index (χ2n) is 7.42. The summed E-state index contributed by atoms with van der Waals surface area (Å²) in [5.74, 6) is 0. The number of hydrogen-bond acceptors (Lipinski definition) is 3. The quantitative estimate of drug-likeness (QED) is 0.287. The van der Waals surface area contributed by atoms with E-state index in [4.69, 9.17) is 13.0 Å². The standard InChI is InChI=1S/C18H38N.CH4O3S/c1-3-5-6-7-8-9-10-11-12-13-16-19(4-2)17-14-15-18-19;1-5(2,3)4/h3-18H2,1-2H3;1H3,(H,2,3,4)/q+1;/p-1. The predicted octanol–water partition coefficient (Wildman–Crippen LogP) is 4.70. The highest BCUT2D eigenvalue weighted by Gasteiger charge is 2.28. The third-order valence-electron chi connectivity index (χ3n) is 5.17. The number of hydrogen-bond donors (Lipinski definition) is 0. The van der Waals surface area contributed by atoms with Gasteiger partial charge in [-0.25, -0.2) is 8.42 Å². The summed E-state index contributed by atoms with van der Waals surface area (Å²) in [6.45, 7) is 10.5. The minimum Gasteiger partial charge on any atom is -0.748 e. The van der Waals surface area contributed by atoms with Crippen molar-refractivity contribution in [3.8, 4) is 0 Å². The Kier molecular flexibility index (Phi) is 14.0. The molecule has 0 N–H and O–H groups in total. The van der Waals surface area contributed by atoms with Crippen LogP contribution in [-0.4, -0.2) is 49.9 Å². The highest BCUT2D eigenvalue weighted by atomic mass is 32.2. The van der Waals surface area contributed by atoms with E-state index in [9.17, 15) is 0 Å². The summed E-state index contributed by atoms with van der Waals surface area (Å²) in [4.78, 5) is 0. The third kappa shape index (κ3) is 15.4. The highest BCUT2D eigenvalue weighted by molar-refractivity contribution is 7.84. The molecule has 146 valence electrons. The van der Waals surface area contributed by atoms with Crippen LogP contribution in [0, 0.1) is 0 Å². The Morgan fingerprint density at radius 3 is 1.54 bits per heavy atom. The van der Waals surface area contributed by atoms with E-state index in [2.05, 4.69) is 13.8 Å². The fourth-order valence-electron chi connectivity index (χ4n) is 3.64. The molecule has 0 aromatic rings. The van der Waals surface area contributed by atoms with Gasteiger partial charge in [0.1, 0.15) is 0 Å². The first-order chi connectivity index (χ1) is 11.3. The molecule has 1 aliphatic rings. The normalized spacial score (nSPS) is 16.7. The lowest BCUT2D eigenvalue weighted by atomic mass is 10.1. The molecule has 0 amide bonds. The molecule has 0 radical (unpaired) electrons. The SMILES string of the molecule is CCCCCCCCCCCC[N+]1(CC)CCCC1.CS(=O)(=O)[O-]. The number of likely N-dealkylation sites (tertiary alicyclic amines) is 1. The van der Waals surface area contributed by atoms with Crippen molar-refractivity contribution in [2.75, 3.05) is 32.4 Å². The highest BCUT2D eigenvalue weighted by Crippen LogP contribution is 2.20. The van der Waals surface area contributed by atoms with Gasteiger partial charge in [0.2, 0.25) is 0 Å². The van der Waals surface area contributed by atoms with Crippen molar-refractivity contribution in [2.45, 2.75) is 90.9 Å². The third-order valence-corrected chi connectivity index (χ3v) is 5.17. The zero-order chi connectivity index (χ0) is 18.3. The van der Waals surface area contributed by atoms with E-state index >= 15 is 0 Å². The molecule has 1 aliphatic heterocycles. The maximum atomic E-state index is 9.08. The molecule has 0 unspecified atom stereocenters.